The van der Waals surface area contributed by atoms with Gasteiger partial charge in [-0.25, -0.2) is 0 Å². The summed E-state index contributed by atoms with van der Waals surface area (Å²) in [5.74, 6) is 0.834. The molecular weight excluding hydrogens is 307 g/mol. The van der Waals surface area contributed by atoms with Gasteiger partial charge in [0, 0.05) is 24.0 Å². The Hall–Kier alpha value is -0.770. The highest BCUT2D eigenvalue weighted by molar-refractivity contribution is 6.30. The molecule has 1 aliphatic carbocycles. The summed E-state index contributed by atoms with van der Waals surface area (Å²) in [4.78, 5) is 14.5. The second kappa shape index (κ2) is 6.99. The number of hydrogen-bond acceptors (Lipinski definition) is 2. The van der Waals surface area contributed by atoms with Crippen molar-refractivity contribution in [1.29, 1.82) is 0 Å². The summed E-state index contributed by atoms with van der Waals surface area (Å²) < 4.78 is 0. The lowest BCUT2D eigenvalue weighted by atomic mass is 10.0. The van der Waals surface area contributed by atoms with E-state index in [1.54, 1.807) is 0 Å². The van der Waals surface area contributed by atoms with Crippen molar-refractivity contribution < 1.29 is 4.79 Å². The first-order chi connectivity index (χ1) is 9.66. The van der Waals surface area contributed by atoms with Gasteiger partial charge >= 0.3 is 0 Å². The van der Waals surface area contributed by atoms with Crippen LogP contribution in [0.2, 0.25) is 5.02 Å². The third-order valence-corrected chi connectivity index (χ3v) is 4.82. The van der Waals surface area contributed by atoms with Gasteiger partial charge in [0.2, 0.25) is 5.91 Å². The molecule has 2 aliphatic rings. The number of rotatable bonds is 3. The van der Waals surface area contributed by atoms with Crippen LogP contribution in [0.1, 0.15) is 30.7 Å². The summed E-state index contributed by atoms with van der Waals surface area (Å²) in [6.45, 7) is 2.04. The monoisotopic (exact) mass is 328 g/mol. The average Bonchev–Trinajstić information content (AvgIpc) is 3.27. The minimum Gasteiger partial charge on any atom is -0.342 e. The topological polar surface area (TPSA) is 32.3 Å². The zero-order valence-corrected chi connectivity index (χ0v) is 13.8. The largest absolute Gasteiger partial charge is 0.342 e. The molecule has 3 nitrogen and oxygen atoms in total. The fraction of sp³-hybridized carbons (Fsp3) is 0.562. The maximum atomic E-state index is 12.5. The van der Waals surface area contributed by atoms with Crippen LogP contribution in [0.15, 0.2) is 24.3 Å². The summed E-state index contributed by atoms with van der Waals surface area (Å²) in [5, 5.41) is 4.10. The van der Waals surface area contributed by atoms with Crippen LogP contribution in [0.25, 0.3) is 0 Å². The standard InChI is InChI=1S/C16H21ClN2O.ClH/c1-19(13-5-7-18-8-6-13)16(20)15-10-14(15)11-3-2-4-12(17)9-11;/h2-4,9,13-15,18H,5-8,10H2,1H3;1H. The van der Waals surface area contributed by atoms with Crippen molar-refractivity contribution in [3.05, 3.63) is 34.9 Å². The van der Waals surface area contributed by atoms with E-state index in [9.17, 15) is 4.79 Å². The van der Waals surface area contributed by atoms with E-state index in [2.05, 4.69) is 11.4 Å². The maximum Gasteiger partial charge on any atom is 0.226 e. The van der Waals surface area contributed by atoms with Crippen molar-refractivity contribution >= 4 is 29.9 Å². The van der Waals surface area contributed by atoms with Gasteiger partial charge in [-0.1, -0.05) is 23.7 Å². The molecule has 1 N–H and O–H groups in total. The van der Waals surface area contributed by atoms with Crippen molar-refractivity contribution in [2.75, 3.05) is 20.1 Å². The summed E-state index contributed by atoms with van der Waals surface area (Å²) in [7, 11) is 1.96. The molecule has 1 aliphatic heterocycles. The minimum atomic E-state index is 0. The Morgan fingerprint density at radius 1 is 1.33 bits per heavy atom. The van der Waals surface area contributed by atoms with E-state index in [0.29, 0.717) is 17.9 Å². The van der Waals surface area contributed by atoms with Crippen molar-refractivity contribution in [3.63, 3.8) is 0 Å². The molecular formula is C16H22Cl2N2O. The van der Waals surface area contributed by atoms with Gasteiger partial charge in [0.05, 0.1) is 0 Å². The number of nitrogens with one attached hydrogen (secondary N) is 1. The lowest BCUT2D eigenvalue weighted by Gasteiger charge is -2.32. The van der Waals surface area contributed by atoms with E-state index < -0.39 is 0 Å². The quantitative estimate of drug-likeness (QED) is 0.924. The van der Waals surface area contributed by atoms with Crippen molar-refractivity contribution in [2.24, 2.45) is 5.92 Å². The Bertz CT molecular complexity index is 503. The minimum absolute atomic E-state index is 0. The van der Waals surface area contributed by atoms with Crippen LogP contribution in [0.4, 0.5) is 0 Å². The molecule has 1 saturated heterocycles. The van der Waals surface area contributed by atoms with E-state index in [-0.39, 0.29) is 18.3 Å². The van der Waals surface area contributed by atoms with E-state index >= 15 is 0 Å². The van der Waals surface area contributed by atoms with Gasteiger partial charge in [0.1, 0.15) is 0 Å². The third-order valence-electron chi connectivity index (χ3n) is 4.59. The van der Waals surface area contributed by atoms with Crippen LogP contribution in [0.5, 0.6) is 0 Å². The molecule has 0 radical (unpaired) electrons. The Labute approximate surface area is 137 Å². The highest BCUT2D eigenvalue weighted by atomic mass is 35.5. The first kappa shape index (κ1) is 16.6. The number of benzene rings is 1. The molecule has 2 atom stereocenters. The van der Waals surface area contributed by atoms with Gasteiger partial charge in [-0.05, 0) is 56.0 Å². The Balaban J connectivity index is 0.00000161. The highest BCUT2D eigenvalue weighted by Gasteiger charge is 2.46. The second-order valence-corrected chi connectivity index (χ2v) is 6.37. The van der Waals surface area contributed by atoms with Crippen molar-refractivity contribution in [3.8, 4) is 0 Å². The molecule has 0 spiro atoms. The predicted molar refractivity (Wildman–Crippen MR) is 88.2 cm³/mol. The Morgan fingerprint density at radius 2 is 2.05 bits per heavy atom. The van der Waals surface area contributed by atoms with Crippen LogP contribution < -0.4 is 5.32 Å². The molecule has 2 fully saturated rings. The smallest absolute Gasteiger partial charge is 0.226 e. The molecule has 1 amide bonds. The predicted octanol–water partition coefficient (Wildman–Crippen LogP) is 3.08. The van der Waals surface area contributed by atoms with Crippen molar-refractivity contribution in [1.82, 2.24) is 10.2 Å². The van der Waals surface area contributed by atoms with E-state index in [0.717, 1.165) is 37.4 Å². The SMILES string of the molecule is CN(C(=O)C1CC1c1cccc(Cl)c1)C1CCNCC1.Cl. The van der Waals surface area contributed by atoms with Gasteiger partial charge in [-0.2, -0.15) is 0 Å². The molecule has 116 valence electrons. The number of amides is 1. The van der Waals surface area contributed by atoms with Gasteiger partial charge in [-0.3, -0.25) is 4.79 Å². The molecule has 5 heteroatoms. The normalized spacial score (nSPS) is 25.0. The summed E-state index contributed by atoms with van der Waals surface area (Å²) >= 11 is 6.03. The molecule has 3 rings (SSSR count). The number of carbonyl (C=O) groups excluding carboxylic acids is 1. The van der Waals surface area contributed by atoms with Gasteiger partial charge < -0.3 is 10.2 Å². The first-order valence-electron chi connectivity index (χ1n) is 7.39. The van der Waals surface area contributed by atoms with Crippen LogP contribution in [0.3, 0.4) is 0 Å². The zero-order valence-electron chi connectivity index (χ0n) is 12.2. The van der Waals surface area contributed by atoms with E-state index in [4.69, 9.17) is 11.6 Å². The molecule has 2 unspecified atom stereocenters. The van der Waals surface area contributed by atoms with E-state index in [1.807, 2.05) is 30.1 Å². The Morgan fingerprint density at radius 3 is 2.71 bits per heavy atom. The Kier molecular flexibility index (Phi) is 5.53. The van der Waals surface area contributed by atoms with Gasteiger partial charge in [0.25, 0.3) is 0 Å². The number of carbonyl (C=O) groups is 1. The molecule has 0 aromatic heterocycles. The summed E-state index contributed by atoms with van der Waals surface area (Å²) in [5.41, 5.74) is 1.20. The third kappa shape index (κ3) is 3.71. The first-order valence-corrected chi connectivity index (χ1v) is 7.77. The molecule has 1 aromatic rings. The average molecular weight is 329 g/mol. The van der Waals surface area contributed by atoms with Crippen LogP contribution in [-0.4, -0.2) is 37.0 Å². The summed E-state index contributed by atoms with van der Waals surface area (Å²) in [6, 6.07) is 8.32. The maximum absolute atomic E-state index is 12.5. The van der Waals surface area contributed by atoms with Crippen LogP contribution >= 0.6 is 24.0 Å². The summed E-state index contributed by atoms with van der Waals surface area (Å²) in [6.07, 6.45) is 3.10. The van der Waals surface area contributed by atoms with Gasteiger partial charge in [-0.15, -0.1) is 12.4 Å². The van der Waals surface area contributed by atoms with Gasteiger partial charge in [0.15, 0.2) is 0 Å². The molecule has 0 bridgehead atoms. The van der Waals surface area contributed by atoms with Crippen LogP contribution in [-0.2, 0) is 4.79 Å². The fourth-order valence-electron chi connectivity index (χ4n) is 3.21. The number of hydrogen-bond donors (Lipinski definition) is 1. The number of piperidine rings is 1. The highest BCUT2D eigenvalue weighted by Crippen LogP contribution is 2.49. The number of halogens is 2. The second-order valence-electron chi connectivity index (χ2n) is 5.93. The molecule has 1 aromatic carbocycles. The molecule has 1 heterocycles. The van der Waals surface area contributed by atoms with Crippen LogP contribution in [0, 0.1) is 5.92 Å². The number of nitrogens with zero attached hydrogens (tertiary/aromatic N) is 1. The fourth-order valence-corrected chi connectivity index (χ4v) is 3.41. The van der Waals surface area contributed by atoms with E-state index in [1.165, 1.54) is 5.56 Å². The lowest BCUT2D eigenvalue weighted by Crippen LogP contribution is -2.44. The van der Waals surface area contributed by atoms with Crippen molar-refractivity contribution in [2.45, 2.75) is 31.2 Å². The zero-order chi connectivity index (χ0) is 14.1. The lowest BCUT2D eigenvalue weighted by molar-refractivity contribution is -0.133. The molecule has 1 saturated carbocycles. The molecule has 21 heavy (non-hydrogen) atoms.